The molecule has 0 saturated carbocycles. The van der Waals surface area contributed by atoms with E-state index in [1.165, 1.54) is 23.3 Å². The average Bonchev–Trinajstić information content (AvgIpc) is 3.38. The lowest BCUT2D eigenvalue weighted by Crippen LogP contribution is -2.32. The number of imide groups is 1. The maximum Gasteiger partial charge on any atom is 0.278 e. The molecule has 6 nitrogen and oxygen atoms in total. The van der Waals surface area contributed by atoms with E-state index in [1.54, 1.807) is 43.5 Å². The summed E-state index contributed by atoms with van der Waals surface area (Å²) in [6, 6.07) is 16.0. The van der Waals surface area contributed by atoms with Gasteiger partial charge in [-0.2, -0.15) is 0 Å². The van der Waals surface area contributed by atoms with E-state index in [-0.39, 0.29) is 18.1 Å². The van der Waals surface area contributed by atoms with E-state index in [0.29, 0.717) is 38.2 Å². The number of ether oxygens (including phenoxy) is 2. The molecule has 2 amide bonds. The molecule has 3 aromatic rings. The fourth-order valence-electron chi connectivity index (χ4n) is 3.34. The summed E-state index contributed by atoms with van der Waals surface area (Å²) in [5.41, 5.74) is 1.85. The van der Waals surface area contributed by atoms with Crippen LogP contribution in [0.1, 0.15) is 10.4 Å². The normalized spacial score (nSPS) is 13.7. The molecule has 158 valence electrons. The Kier molecular flexibility index (Phi) is 5.97. The predicted molar refractivity (Wildman–Crippen MR) is 121 cm³/mol. The zero-order valence-electron chi connectivity index (χ0n) is 16.8. The molecule has 1 aromatic heterocycles. The van der Waals surface area contributed by atoms with Gasteiger partial charge in [0.2, 0.25) is 0 Å². The van der Waals surface area contributed by atoms with Crippen molar-refractivity contribution in [2.75, 3.05) is 19.5 Å². The molecule has 1 aliphatic heterocycles. The largest absolute Gasteiger partial charge is 0.493 e. The summed E-state index contributed by atoms with van der Waals surface area (Å²) in [5.74, 6) is 0.295. The quantitative estimate of drug-likeness (QED) is 0.519. The number of nitrogens with zero attached hydrogens (tertiary/aromatic N) is 1. The fourth-order valence-corrected chi connectivity index (χ4v) is 4.30. The van der Waals surface area contributed by atoms with E-state index in [0.717, 1.165) is 0 Å². The van der Waals surface area contributed by atoms with Crippen molar-refractivity contribution < 1.29 is 19.1 Å². The van der Waals surface area contributed by atoms with Crippen molar-refractivity contribution >= 4 is 46.0 Å². The molecule has 8 heteroatoms. The summed E-state index contributed by atoms with van der Waals surface area (Å²) in [4.78, 5) is 28.5. The first-order valence-electron chi connectivity index (χ1n) is 9.40. The molecule has 0 spiro atoms. The topological polar surface area (TPSA) is 67.9 Å². The number of carbonyl (C=O) groups is 2. The van der Waals surface area contributed by atoms with Gasteiger partial charge in [0, 0.05) is 21.7 Å². The number of methoxy groups -OCH3 is 2. The van der Waals surface area contributed by atoms with Crippen LogP contribution in [0.15, 0.2) is 65.7 Å². The zero-order chi connectivity index (χ0) is 22.0. The number of anilines is 1. The van der Waals surface area contributed by atoms with Gasteiger partial charge in [-0.25, -0.2) is 0 Å². The molecule has 0 saturated heterocycles. The highest BCUT2D eigenvalue weighted by molar-refractivity contribution is 7.11. The second-order valence-corrected chi connectivity index (χ2v) is 8.06. The third kappa shape index (κ3) is 4.02. The molecule has 0 unspecified atom stereocenters. The van der Waals surface area contributed by atoms with E-state index < -0.39 is 5.91 Å². The molecule has 31 heavy (non-hydrogen) atoms. The van der Waals surface area contributed by atoms with Crippen LogP contribution in [0.5, 0.6) is 11.5 Å². The molecular weight excluding hydrogens is 436 g/mol. The standard InChI is InChI=1S/C23H19ClN2O4S/c1-29-17-10-9-15(12-18(17)30-2)25-21-20(19-8-5-11-31-19)22(27)26(23(21)28)13-14-6-3-4-7-16(14)24/h3-12,25H,13H2,1-2H3. The first-order chi connectivity index (χ1) is 15.0. The Morgan fingerprint density at radius 2 is 1.74 bits per heavy atom. The summed E-state index contributed by atoms with van der Waals surface area (Å²) in [7, 11) is 3.09. The number of hydrogen-bond donors (Lipinski definition) is 1. The molecule has 0 bridgehead atoms. The van der Waals surface area contributed by atoms with E-state index in [1.807, 2.05) is 23.6 Å². The number of hydrogen-bond acceptors (Lipinski definition) is 6. The number of benzene rings is 2. The number of carbonyl (C=O) groups excluding carboxylic acids is 2. The van der Waals surface area contributed by atoms with Crippen molar-refractivity contribution in [1.29, 1.82) is 0 Å². The van der Waals surface area contributed by atoms with Crippen LogP contribution in [-0.2, 0) is 16.1 Å². The maximum absolute atomic E-state index is 13.3. The lowest BCUT2D eigenvalue weighted by Gasteiger charge is -2.16. The Morgan fingerprint density at radius 3 is 2.42 bits per heavy atom. The van der Waals surface area contributed by atoms with Gasteiger partial charge in [-0.3, -0.25) is 14.5 Å². The van der Waals surface area contributed by atoms with Gasteiger partial charge in [0.25, 0.3) is 11.8 Å². The average molecular weight is 455 g/mol. The number of amides is 2. The third-order valence-electron chi connectivity index (χ3n) is 4.87. The van der Waals surface area contributed by atoms with Crippen LogP contribution in [-0.4, -0.2) is 30.9 Å². The van der Waals surface area contributed by atoms with Crippen LogP contribution in [0.2, 0.25) is 5.02 Å². The fraction of sp³-hybridized carbons (Fsp3) is 0.130. The van der Waals surface area contributed by atoms with Gasteiger partial charge >= 0.3 is 0 Å². The summed E-state index contributed by atoms with van der Waals surface area (Å²) in [6.45, 7) is 0.0866. The van der Waals surface area contributed by atoms with Crippen molar-refractivity contribution in [2.45, 2.75) is 6.54 Å². The van der Waals surface area contributed by atoms with Crippen molar-refractivity contribution in [2.24, 2.45) is 0 Å². The molecule has 1 aliphatic rings. The van der Waals surface area contributed by atoms with Crippen molar-refractivity contribution in [3.05, 3.63) is 81.1 Å². The zero-order valence-corrected chi connectivity index (χ0v) is 18.4. The third-order valence-corrected chi connectivity index (χ3v) is 6.13. The summed E-state index contributed by atoms with van der Waals surface area (Å²) in [6.07, 6.45) is 0. The van der Waals surface area contributed by atoms with E-state index >= 15 is 0 Å². The predicted octanol–water partition coefficient (Wildman–Crippen LogP) is 4.81. The summed E-state index contributed by atoms with van der Waals surface area (Å²) in [5, 5.41) is 5.49. The second kappa shape index (κ2) is 8.83. The van der Waals surface area contributed by atoms with Gasteiger partial charge in [0.1, 0.15) is 5.70 Å². The van der Waals surface area contributed by atoms with E-state index in [4.69, 9.17) is 21.1 Å². The van der Waals surface area contributed by atoms with Crippen molar-refractivity contribution in [1.82, 2.24) is 4.90 Å². The molecule has 2 heterocycles. The lowest BCUT2D eigenvalue weighted by molar-refractivity contribution is -0.137. The van der Waals surface area contributed by atoms with Gasteiger partial charge in [-0.15, -0.1) is 11.3 Å². The monoisotopic (exact) mass is 454 g/mol. The van der Waals surface area contributed by atoms with Crippen LogP contribution in [0, 0.1) is 0 Å². The summed E-state index contributed by atoms with van der Waals surface area (Å²) < 4.78 is 10.6. The molecular formula is C23H19ClN2O4S. The Bertz CT molecular complexity index is 1170. The number of rotatable bonds is 7. The van der Waals surface area contributed by atoms with Crippen molar-refractivity contribution in [3.8, 4) is 11.5 Å². The molecule has 0 radical (unpaired) electrons. The summed E-state index contributed by atoms with van der Waals surface area (Å²) >= 11 is 7.66. The highest BCUT2D eigenvalue weighted by Gasteiger charge is 2.40. The number of nitrogens with one attached hydrogen (secondary N) is 1. The SMILES string of the molecule is COc1ccc(NC2=C(c3cccs3)C(=O)N(Cc3ccccc3Cl)C2=O)cc1OC. The van der Waals surface area contributed by atoms with Crippen LogP contribution in [0.4, 0.5) is 5.69 Å². The lowest BCUT2D eigenvalue weighted by atomic mass is 10.1. The Hall–Kier alpha value is -3.29. The minimum Gasteiger partial charge on any atom is -0.493 e. The smallest absolute Gasteiger partial charge is 0.278 e. The Labute approximate surface area is 188 Å². The minimum atomic E-state index is -0.414. The van der Waals surface area contributed by atoms with Crippen LogP contribution >= 0.6 is 22.9 Å². The Balaban J connectivity index is 1.72. The Morgan fingerprint density at radius 1 is 0.968 bits per heavy atom. The van der Waals surface area contributed by atoms with Crippen LogP contribution in [0.3, 0.4) is 0 Å². The van der Waals surface area contributed by atoms with Gasteiger partial charge in [-0.05, 0) is 35.2 Å². The molecule has 0 aliphatic carbocycles. The molecule has 0 atom stereocenters. The second-order valence-electron chi connectivity index (χ2n) is 6.71. The molecule has 4 rings (SSSR count). The molecule has 2 aromatic carbocycles. The number of halogens is 1. The maximum atomic E-state index is 13.3. The van der Waals surface area contributed by atoms with Crippen LogP contribution < -0.4 is 14.8 Å². The first kappa shape index (κ1) is 21.0. The van der Waals surface area contributed by atoms with Crippen LogP contribution in [0.25, 0.3) is 5.57 Å². The molecule has 0 fully saturated rings. The van der Waals surface area contributed by atoms with E-state index in [9.17, 15) is 9.59 Å². The van der Waals surface area contributed by atoms with Gasteiger partial charge in [0.15, 0.2) is 11.5 Å². The highest BCUT2D eigenvalue weighted by atomic mass is 35.5. The molecule has 1 N–H and O–H groups in total. The van der Waals surface area contributed by atoms with Gasteiger partial charge < -0.3 is 14.8 Å². The highest BCUT2D eigenvalue weighted by Crippen LogP contribution is 2.36. The van der Waals surface area contributed by atoms with Crippen molar-refractivity contribution in [3.63, 3.8) is 0 Å². The number of thiophene rings is 1. The van der Waals surface area contributed by atoms with E-state index in [2.05, 4.69) is 5.32 Å². The first-order valence-corrected chi connectivity index (χ1v) is 10.7. The van der Waals surface area contributed by atoms with Gasteiger partial charge in [0.05, 0.1) is 26.3 Å². The van der Waals surface area contributed by atoms with Gasteiger partial charge in [-0.1, -0.05) is 35.9 Å². The minimum absolute atomic E-state index is 0.0866.